The van der Waals surface area contributed by atoms with E-state index in [9.17, 15) is 4.79 Å². The van der Waals surface area contributed by atoms with Crippen LogP contribution in [0, 0.1) is 20.8 Å². The Hall–Kier alpha value is -1.55. The molecule has 1 aromatic rings. The Labute approximate surface area is 115 Å². The van der Waals surface area contributed by atoms with Crippen LogP contribution in [-0.2, 0) is 11.3 Å². The third-order valence-electron chi connectivity index (χ3n) is 3.29. The summed E-state index contributed by atoms with van der Waals surface area (Å²) in [4.78, 5) is 11.7. The molecule has 0 aliphatic carbocycles. The Bertz CT molecular complexity index is 468. The second-order valence-electron chi connectivity index (χ2n) is 5.11. The van der Waals surface area contributed by atoms with Crippen molar-refractivity contribution >= 4 is 5.91 Å². The minimum Gasteiger partial charge on any atom is -0.496 e. The maximum absolute atomic E-state index is 11.7. The van der Waals surface area contributed by atoms with Gasteiger partial charge in [0, 0.05) is 24.6 Å². The highest BCUT2D eigenvalue weighted by atomic mass is 16.5. The molecular weight excluding hydrogens is 240 g/mol. The fraction of sp³-hybridized carbons (Fsp3) is 0.533. The maximum atomic E-state index is 11.7. The van der Waals surface area contributed by atoms with Crippen LogP contribution in [0.5, 0.6) is 5.75 Å². The normalized spacial score (nSPS) is 12.1. The summed E-state index contributed by atoms with van der Waals surface area (Å²) in [5.41, 5.74) is 10.1. The molecule has 19 heavy (non-hydrogen) atoms. The number of methoxy groups -OCH3 is 1. The van der Waals surface area contributed by atoms with Crippen LogP contribution >= 0.6 is 0 Å². The number of hydrogen-bond donors (Lipinski definition) is 2. The first kappa shape index (κ1) is 15.5. The molecule has 0 saturated heterocycles. The zero-order valence-corrected chi connectivity index (χ0v) is 12.5. The van der Waals surface area contributed by atoms with E-state index in [1.54, 1.807) is 7.11 Å². The monoisotopic (exact) mass is 264 g/mol. The van der Waals surface area contributed by atoms with E-state index in [-0.39, 0.29) is 11.9 Å². The molecule has 0 saturated carbocycles. The molecule has 0 heterocycles. The Morgan fingerprint density at radius 3 is 2.53 bits per heavy atom. The highest BCUT2D eigenvalue weighted by molar-refractivity contribution is 5.76. The standard InChI is InChI=1S/C15H24N2O2/c1-9-6-10(2)13(15(19-5)12(9)4)8-17-14(18)7-11(3)16/h6,11H,7-8,16H2,1-5H3,(H,17,18). The van der Waals surface area contributed by atoms with E-state index in [4.69, 9.17) is 10.5 Å². The maximum Gasteiger partial charge on any atom is 0.221 e. The van der Waals surface area contributed by atoms with Gasteiger partial charge in [0.25, 0.3) is 0 Å². The predicted molar refractivity (Wildman–Crippen MR) is 77.3 cm³/mol. The van der Waals surface area contributed by atoms with Gasteiger partial charge in [0.1, 0.15) is 5.75 Å². The lowest BCUT2D eigenvalue weighted by Crippen LogP contribution is -2.29. The smallest absolute Gasteiger partial charge is 0.221 e. The Balaban J connectivity index is 2.89. The molecule has 1 aromatic carbocycles. The Morgan fingerprint density at radius 1 is 1.37 bits per heavy atom. The highest BCUT2D eigenvalue weighted by Gasteiger charge is 2.13. The highest BCUT2D eigenvalue weighted by Crippen LogP contribution is 2.29. The summed E-state index contributed by atoms with van der Waals surface area (Å²) in [5.74, 6) is 0.827. The first-order valence-corrected chi connectivity index (χ1v) is 6.52. The average molecular weight is 264 g/mol. The van der Waals surface area contributed by atoms with Gasteiger partial charge in [-0.3, -0.25) is 4.79 Å². The van der Waals surface area contributed by atoms with E-state index in [2.05, 4.69) is 18.3 Å². The Kier molecular flexibility index (Phi) is 5.36. The zero-order chi connectivity index (χ0) is 14.6. The molecule has 1 amide bonds. The first-order chi connectivity index (χ1) is 8.86. The minimum atomic E-state index is -0.122. The second-order valence-corrected chi connectivity index (χ2v) is 5.11. The van der Waals surface area contributed by atoms with E-state index in [1.807, 2.05) is 20.8 Å². The van der Waals surface area contributed by atoms with Crippen molar-refractivity contribution < 1.29 is 9.53 Å². The van der Waals surface area contributed by atoms with Gasteiger partial charge in [-0.1, -0.05) is 6.07 Å². The van der Waals surface area contributed by atoms with Crippen molar-refractivity contribution in [3.8, 4) is 5.75 Å². The average Bonchev–Trinajstić information content (AvgIpc) is 2.31. The molecule has 1 rings (SSSR count). The number of aryl methyl sites for hydroxylation is 2. The van der Waals surface area contributed by atoms with E-state index >= 15 is 0 Å². The fourth-order valence-electron chi connectivity index (χ4n) is 2.15. The molecule has 0 spiro atoms. The van der Waals surface area contributed by atoms with Gasteiger partial charge < -0.3 is 15.8 Å². The van der Waals surface area contributed by atoms with Crippen LogP contribution < -0.4 is 15.8 Å². The third-order valence-corrected chi connectivity index (χ3v) is 3.29. The lowest BCUT2D eigenvalue weighted by molar-refractivity contribution is -0.121. The molecule has 0 bridgehead atoms. The van der Waals surface area contributed by atoms with Crippen LogP contribution in [0.1, 0.15) is 35.6 Å². The number of ether oxygens (including phenoxy) is 1. The van der Waals surface area contributed by atoms with Gasteiger partial charge in [-0.2, -0.15) is 0 Å². The van der Waals surface area contributed by atoms with Crippen molar-refractivity contribution in [2.45, 2.75) is 46.7 Å². The number of nitrogens with one attached hydrogen (secondary N) is 1. The summed E-state index contributed by atoms with van der Waals surface area (Å²) in [6.45, 7) is 8.41. The fourth-order valence-corrected chi connectivity index (χ4v) is 2.15. The molecule has 0 aliphatic rings. The number of rotatable bonds is 5. The quantitative estimate of drug-likeness (QED) is 0.854. The molecule has 0 fully saturated rings. The van der Waals surface area contributed by atoms with Crippen molar-refractivity contribution in [2.24, 2.45) is 5.73 Å². The van der Waals surface area contributed by atoms with Crippen LogP contribution in [0.15, 0.2) is 6.07 Å². The van der Waals surface area contributed by atoms with E-state index in [1.165, 1.54) is 5.56 Å². The summed E-state index contributed by atoms with van der Waals surface area (Å²) in [7, 11) is 1.66. The van der Waals surface area contributed by atoms with Crippen LogP contribution in [0.25, 0.3) is 0 Å². The van der Waals surface area contributed by atoms with Gasteiger partial charge in [-0.25, -0.2) is 0 Å². The summed E-state index contributed by atoms with van der Waals surface area (Å²) in [5, 5.41) is 2.89. The molecular formula is C15H24N2O2. The minimum absolute atomic E-state index is 0.0327. The number of carbonyl (C=O) groups excluding carboxylic acids is 1. The van der Waals surface area contributed by atoms with Crippen LogP contribution in [0.4, 0.5) is 0 Å². The van der Waals surface area contributed by atoms with E-state index in [0.717, 1.165) is 22.4 Å². The van der Waals surface area contributed by atoms with Gasteiger partial charge in [0.05, 0.1) is 7.11 Å². The molecule has 0 radical (unpaired) electrons. The third kappa shape index (κ3) is 3.96. The Morgan fingerprint density at radius 2 is 2.00 bits per heavy atom. The van der Waals surface area contributed by atoms with Crippen molar-refractivity contribution in [1.29, 1.82) is 0 Å². The van der Waals surface area contributed by atoms with Crippen LogP contribution in [0.2, 0.25) is 0 Å². The van der Waals surface area contributed by atoms with Crippen LogP contribution in [0.3, 0.4) is 0 Å². The SMILES string of the molecule is COc1c(C)c(C)cc(C)c1CNC(=O)CC(C)N. The summed E-state index contributed by atoms with van der Waals surface area (Å²) >= 11 is 0. The van der Waals surface area contributed by atoms with Crippen molar-refractivity contribution in [3.05, 3.63) is 28.3 Å². The molecule has 4 heteroatoms. The molecule has 1 unspecified atom stereocenters. The first-order valence-electron chi connectivity index (χ1n) is 6.52. The number of hydrogen-bond acceptors (Lipinski definition) is 3. The molecule has 106 valence electrons. The molecule has 4 nitrogen and oxygen atoms in total. The molecule has 3 N–H and O–H groups in total. The van der Waals surface area contributed by atoms with Gasteiger partial charge >= 0.3 is 0 Å². The van der Waals surface area contributed by atoms with Crippen molar-refractivity contribution in [1.82, 2.24) is 5.32 Å². The molecule has 0 aromatic heterocycles. The zero-order valence-electron chi connectivity index (χ0n) is 12.5. The van der Waals surface area contributed by atoms with Crippen LogP contribution in [-0.4, -0.2) is 19.1 Å². The second kappa shape index (κ2) is 6.57. The lowest BCUT2D eigenvalue weighted by Gasteiger charge is -2.17. The molecule has 0 aliphatic heterocycles. The number of nitrogens with two attached hydrogens (primary N) is 1. The van der Waals surface area contributed by atoms with Gasteiger partial charge in [0.2, 0.25) is 5.91 Å². The van der Waals surface area contributed by atoms with Crippen molar-refractivity contribution in [2.75, 3.05) is 7.11 Å². The van der Waals surface area contributed by atoms with E-state index < -0.39 is 0 Å². The summed E-state index contributed by atoms with van der Waals surface area (Å²) < 4.78 is 5.48. The van der Waals surface area contributed by atoms with E-state index in [0.29, 0.717) is 13.0 Å². The summed E-state index contributed by atoms with van der Waals surface area (Å²) in [6, 6.07) is 1.99. The molecule has 1 atom stereocenters. The summed E-state index contributed by atoms with van der Waals surface area (Å²) in [6.07, 6.45) is 0.339. The number of carbonyl (C=O) groups is 1. The van der Waals surface area contributed by atoms with Crippen molar-refractivity contribution in [3.63, 3.8) is 0 Å². The van der Waals surface area contributed by atoms with Gasteiger partial charge in [0.15, 0.2) is 0 Å². The van der Waals surface area contributed by atoms with Gasteiger partial charge in [-0.05, 0) is 44.4 Å². The van der Waals surface area contributed by atoms with Gasteiger partial charge in [-0.15, -0.1) is 0 Å². The number of benzene rings is 1. The number of amides is 1. The topological polar surface area (TPSA) is 64.3 Å². The predicted octanol–water partition coefficient (Wildman–Crippen LogP) is 1.97. The largest absolute Gasteiger partial charge is 0.496 e. The lowest BCUT2D eigenvalue weighted by atomic mass is 9.99.